The summed E-state index contributed by atoms with van der Waals surface area (Å²) in [5.41, 5.74) is 3.70. The van der Waals surface area contributed by atoms with Crippen molar-refractivity contribution in [3.63, 3.8) is 0 Å². The van der Waals surface area contributed by atoms with Crippen LogP contribution in [0.15, 0.2) is 54.9 Å². The minimum Gasteiger partial charge on any atom is -0.497 e. The Morgan fingerprint density at radius 1 is 1.03 bits per heavy atom. The first-order valence-electron chi connectivity index (χ1n) is 10.5. The van der Waals surface area contributed by atoms with E-state index in [1.165, 1.54) is 20.3 Å². The highest BCUT2D eigenvalue weighted by Gasteiger charge is 2.18. The molecule has 0 amide bonds. The van der Waals surface area contributed by atoms with Gasteiger partial charge in [-0.2, -0.15) is 0 Å². The van der Waals surface area contributed by atoms with E-state index in [4.69, 9.17) is 9.47 Å². The third-order valence-electron chi connectivity index (χ3n) is 5.64. The van der Waals surface area contributed by atoms with Gasteiger partial charge in [0, 0.05) is 29.4 Å². The van der Waals surface area contributed by atoms with Crippen LogP contribution in [0.1, 0.15) is 40.3 Å². The van der Waals surface area contributed by atoms with Gasteiger partial charge in [0.15, 0.2) is 0 Å². The molecule has 0 N–H and O–H groups in total. The Kier molecular flexibility index (Phi) is 6.31. The molecule has 0 saturated heterocycles. The molecule has 0 fully saturated rings. The van der Waals surface area contributed by atoms with E-state index in [-0.39, 0.29) is 11.6 Å². The van der Waals surface area contributed by atoms with Gasteiger partial charge in [0.05, 0.1) is 19.7 Å². The molecule has 1 atom stereocenters. The van der Waals surface area contributed by atoms with Crippen LogP contribution in [0.2, 0.25) is 0 Å². The van der Waals surface area contributed by atoms with E-state index in [2.05, 4.69) is 21.9 Å². The molecule has 0 saturated carbocycles. The van der Waals surface area contributed by atoms with Gasteiger partial charge >= 0.3 is 5.97 Å². The molecule has 4 rings (SSSR count). The Morgan fingerprint density at radius 3 is 2.45 bits per heavy atom. The van der Waals surface area contributed by atoms with Crippen molar-refractivity contribution in [2.45, 2.75) is 26.2 Å². The van der Waals surface area contributed by atoms with Crippen LogP contribution in [0.4, 0.5) is 4.39 Å². The van der Waals surface area contributed by atoms with Crippen LogP contribution in [0.5, 0.6) is 5.75 Å². The zero-order valence-electron chi connectivity index (χ0n) is 18.9. The summed E-state index contributed by atoms with van der Waals surface area (Å²) in [6, 6.07) is 12.1. The van der Waals surface area contributed by atoms with E-state index in [9.17, 15) is 9.18 Å². The molecule has 0 bridgehead atoms. The molecule has 4 aromatic rings. The highest BCUT2D eigenvalue weighted by atomic mass is 19.1. The summed E-state index contributed by atoms with van der Waals surface area (Å²) in [7, 11) is 2.78. The van der Waals surface area contributed by atoms with Crippen LogP contribution in [0, 0.1) is 12.7 Å². The number of halogens is 1. The highest BCUT2D eigenvalue weighted by Crippen LogP contribution is 2.34. The maximum atomic E-state index is 14.9. The molecule has 2 aromatic carbocycles. The summed E-state index contributed by atoms with van der Waals surface area (Å²) in [6.07, 6.45) is 4.42. The molecule has 0 radical (unpaired) electrons. The Labute approximate surface area is 191 Å². The lowest BCUT2D eigenvalue weighted by Gasteiger charge is -2.15. The SMILES string of the molecule is COC(=O)c1cc(-c2ccc(OC)cc2F)c2ccc([C@@H](C)Cc3cnc(C)nc3)cc2n1. The minimum atomic E-state index is -0.581. The average Bonchev–Trinajstić information content (AvgIpc) is 2.83. The maximum Gasteiger partial charge on any atom is 0.356 e. The van der Waals surface area contributed by atoms with Crippen molar-refractivity contribution < 1.29 is 18.7 Å². The smallest absolute Gasteiger partial charge is 0.356 e. The van der Waals surface area contributed by atoms with Crippen LogP contribution in [-0.4, -0.2) is 35.1 Å². The van der Waals surface area contributed by atoms with Crippen molar-refractivity contribution in [3.05, 3.63) is 83.3 Å². The normalized spacial score (nSPS) is 11.9. The average molecular weight is 445 g/mol. The molecular weight excluding hydrogens is 421 g/mol. The molecule has 0 aliphatic rings. The summed E-state index contributed by atoms with van der Waals surface area (Å²) in [5.74, 6) is 0.274. The largest absolute Gasteiger partial charge is 0.497 e. The Bertz CT molecular complexity index is 1320. The molecule has 0 aliphatic carbocycles. The molecule has 2 aromatic heterocycles. The third-order valence-corrected chi connectivity index (χ3v) is 5.64. The second kappa shape index (κ2) is 9.32. The van der Waals surface area contributed by atoms with Gasteiger partial charge in [-0.25, -0.2) is 24.1 Å². The zero-order chi connectivity index (χ0) is 23.5. The van der Waals surface area contributed by atoms with Crippen LogP contribution < -0.4 is 4.74 Å². The van der Waals surface area contributed by atoms with Crippen molar-refractivity contribution in [1.29, 1.82) is 0 Å². The molecule has 33 heavy (non-hydrogen) atoms. The molecule has 168 valence electrons. The predicted octanol–water partition coefficient (Wildman–Crippen LogP) is 5.28. The lowest BCUT2D eigenvalue weighted by molar-refractivity contribution is 0.0594. The van der Waals surface area contributed by atoms with Gasteiger partial charge in [0.25, 0.3) is 0 Å². The fourth-order valence-corrected chi connectivity index (χ4v) is 3.82. The number of fused-ring (bicyclic) bond motifs is 1. The second-order valence-corrected chi connectivity index (χ2v) is 7.91. The summed E-state index contributed by atoms with van der Waals surface area (Å²) in [5, 5.41) is 0.737. The number of ether oxygens (including phenoxy) is 2. The van der Waals surface area contributed by atoms with Crippen LogP contribution in [-0.2, 0) is 11.2 Å². The first-order valence-corrected chi connectivity index (χ1v) is 10.5. The fourth-order valence-electron chi connectivity index (χ4n) is 3.82. The molecule has 0 aliphatic heterocycles. The van der Waals surface area contributed by atoms with E-state index in [1.807, 2.05) is 37.5 Å². The number of rotatable bonds is 6. The first kappa shape index (κ1) is 22.3. The number of carbonyl (C=O) groups excluding carboxylic acids is 1. The number of hydrogen-bond donors (Lipinski definition) is 0. The number of aryl methyl sites for hydroxylation is 1. The quantitative estimate of drug-likeness (QED) is 0.376. The summed E-state index contributed by atoms with van der Waals surface area (Å²) < 4.78 is 24.9. The van der Waals surface area contributed by atoms with Crippen molar-refractivity contribution in [2.75, 3.05) is 14.2 Å². The summed E-state index contributed by atoms with van der Waals surface area (Å²) >= 11 is 0. The van der Waals surface area contributed by atoms with Crippen LogP contribution in [0.3, 0.4) is 0 Å². The van der Waals surface area contributed by atoms with Gasteiger partial charge in [0.2, 0.25) is 0 Å². The Hall–Kier alpha value is -3.87. The summed E-state index contributed by atoms with van der Waals surface area (Å²) in [6.45, 7) is 3.96. The molecular formula is C26H24FN3O3. The lowest BCUT2D eigenvalue weighted by atomic mass is 9.92. The van der Waals surface area contributed by atoms with Crippen LogP contribution >= 0.6 is 0 Å². The second-order valence-electron chi connectivity index (χ2n) is 7.91. The number of hydrogen-bond acceptors (Lipinski definition) is 6. The maximum absolute atomic E-state index is 14.9. The highest BCUT2D eigenvalue weighted by molar-refractivity contribution is 6.00. The number of nitrogens with zero attached hydrogens (tertiary/aromatic N) is 3. The Morgan fingerprint density at radius 2 is 1.79 bits per heavy atom. The number of esters is 1. The van der Waals surface area contributed by atoms with Gasteiger partial charge in [-0.3, -0.25) is 0 Å². The molecule has 0 spiro atoms. The third kappa shape index (κ3) is 4.67. The van der Waals surface area contributed by atoms with Crippen LogP contribution in [0.25, 0.3) is 22.0 Å². The molecule has 0 unspecified atom stereocenters. The topological polar surface area (TPSA) is 74.2 Å². The Balaban J connectivity index is 1.80. The monoisotopic (exact) mass is 445 g/mol. The first-order chi connectivity index (χ1) is 15.9. The zero-order valence-corrected chi connectivity index (χ0v) is 18.9. The van der Waals surface area contributed by atoms with E-state index < -0.39 is 11.8 Å². The van der Waals surface area contributed by atoms with E-state index >= 15 is 0 Å². The van der Waals surface area contributed by atoms with Gasteiger partial charge in [0.1, 0.15) is 23.1 Å². The van der Waals surface area contributed by atoms with E-state index in [0.717, 1.165) is 28.8 Å². The summed E-state index contributed by atoms with van der Waals surface area (Å²) in [4.78, 5) is 25.3. The number of pyridine rings is 1. The van der Waals surface area contributed by atoms with Crippen molar-refractivity contribution in [1.82, 2.24) is 15.0 Å². The predicted molar refractivity (Wildman–Crippen MR) is 124 cm³/mol. The molecule has 7 heteroatoms. The minimum absolute atomic E-state index is 0.118. The standard InChI is InChI=1S/C26H24FN3O3/c1-15(9-17-13-28-16(2)29-14-17)18-5-7-21-22(20-8-6-19(32-3)11-23(20)27)12-25(26(31)33-4)30-24(21)10-18/h5-8,10-15H,9H2,1-4H3/t15-/m0/s1. The van der Waals surface area contributed by atoms with Crippen molar-refractivity contribution in [2.24, 2.45) is 0 Å². The number of methoxy groups -OCH3 is 2. The van der Waals surface area contributed by atoms with Gasteiger partial charge in [-0.05, 0) is 60.2 Å². The fraction of sp³-hybridized carbons (Fsp3) is 0.231. The van der Waals surface area contributed by atoms with E-state index in [0.29, 0.717) is 22.4 Å². The van der Waals surface area contributed by atoms with Gasteiger partial charge in [-0.15, -0.1) is 0 Å². The van der Waals surface area contributed by atoms with Gasteiger partial charge in [-0.1, -0.05) is 19.1 Å². The number of benzene rings is 2. The molecule has 2 heterocycles. The van der Waals surface area contributed by atoms with Crippen molar-refractivity contribution in [3.8, 4) is 16.9 Å². The number of aromatic nitrogens is 3. The molecule has 6 nitrogen and oxygen atoms in total. The lowest BCUT2D eigenvalue weighted by Crippen LogP contribution is -2.06. The van der Waals surface area contributed by atoms with Crippen molar-refractivity contribution >= 4 is 16.9 Å². The van der Waals surface area contributed by atoms with E-state index in [1.54, 1.807) is 18.2 Å². The van der Waals surface area contributed by atoms with Gasteiger partial charge < -0.3 is 9.47 Å². The number of carbonyl (C=O) groups is 1.